The minimum atomic E-state index is -2.36. The summed E-state index contributed by atoms with van der Waals surface area (Å²) >= 11 is 0. The smallest absolute Gasteiger partial charge is 0.250 e. The van der Waals surface area contributed by atoms with Gasteiger partial charge in [0, 0.05) is 179 Å². The number of nitrogens with zero attached hydrogens (tertiary/aromatic N) is 3. The molecule has 0 atom stereocenters. The highest BCUT2D eigenvalue weighted by atomic mass is 32.2. The molecule has 28 heteroatoms. The summed E-state index contributed by atoms with van der Waals surface area (Å²) in [7, 11) is -13.0. The van der Waals surface area contributed by atoms with E-state index in [2.05, 4.69) is 38.3 Å². The van der Waals surface area contributed by atoms with E-state index < -0.39 is 84.0 Å². The summed E-state index contributed by atoms with van der Waals surface area (Å²) in [5, 5.41) is 19.2. The van der Waals surface area contributed by atoms with E-state index in [-0.39, 0.29) is 131 Å². The van der Waals surface area contributed by atoms with Crippen LogP contribution in [0, 0.1) is 86.1 Å². The van der Waals surface area contributed by atoms with Gasteiger partial charge in [0.2, 0.25) is 0 Å². The molecule has 101 heavy (non-hydrogen) atoms. The molecule has 0 aromatic carbocycles. The van der Waals surface area contributed by atoms with E-state index >= 15 is 0 Å². The monoisotopic (exact) mass is 1560 g/mol. The maximum atomic E-state index is 14.1. The van der Waals surface area contributed by atoms with Gasteiger partial charge in [-0.3, -0.25) is 60.0 Å². The molecule has 0 bridgehead atoms. The zero-order valence-corrected chi connectivity index (χ0v) is 69.3. The predicted molar refractivity (Wildman–Crippen MR) is 423 cm³/mol. The third kappa shape index (κ3) is 32.3. The number of hydrogen-bond donors (Lipinski definition) is 2. The summed E-state index contributed by atoms with van der Waals surface area (Å²) in [5.41, 5.74) is -4.13. The number of Topliss-reactive ketones (excluding diaryl/α,β-unsaturated/α-hetero) is 7. The Bertz CT molecular complexity index is 3530. The first-order valence-electron chi connectivity index (χ1n) is 35.4. The van der Waals surface area contributed by atoms with Crippen molar-refractivity contribution in [1.82, 2.24) is 0 Å². The van der Waals surface area contributed by atoms with Crippen LogP contribution in [0.1, 0.15) is 208 Å². The van der Waals surface area contributed by atoms with Crippen LogP contribution in [-0.4, -0.2) is 203 Å². The number of aliphatic hydroxyl groups is 1. The van der Waals surface area contributed by atoms with Crippen LogP contribution in [0.15, 0.2) is 8.73 Å². The summed E-state index contributed by atoms with van der Waals surface area (Å²) in [6.45, 7) is 29.2. The van der Waals surface area contributed by atoms with E-state index in [0.29, 0.717) is 132 Å². The first-order valence-corrected chi connectivity index (χ1v) is 49.2. The molecule has 0 spiro atoms. The van der Waals surface area contributed by atoms with Gasteiger partial charge in [0.05, 0.1) is 15.8 Å². The highest BCUT2D eigenvalue weighted by Crippen LogP contribution is 2.37. The van der Waals surface area contributed by atoms with Crippen molar-refractivity contribution in [3.63, 3.8) is 0 Å². The second-order valence-corrected chi connectivity index (χ2v) is 49.9. The number of nitrogens with one attached hydrogen (secondary N) is 1. The Morgan fingerprint density at radius 3 is 1.00 bits per heavy atom. The van der Waals surface area contributed by atoms with Crippen LogP contribution in [0.5, 0.6) is 0 Å². The van der Waals surface area contributed by atoms with E-state index in [4.69, 9.17) is 10.0 Å². The lowest BCUT2D eigenvalue weighted by Crippen LogP contribution is -2.47. The van der Waals surface area contributed by atoms with Crippen LogP contribution in [0.3, 0.4) is 0 Å². The van der Waals surface area contributed by atoms with Crippen molar-refractivity contribution in [2.45, 2.75) is 219 Å². The molecule has 7 aliphatic rings. The number of rotatable bonds is 14. The Labute approximate surface area is 611 Å². The third-order valence-corrected chi connectivity index (χ3v) is 34.0. The Morgan fingerprint density at radius 2 is 0.723 bits per heavy atom. The first-order chi connectivity index (χ1) is 45.4. The molecule has 588 valence electrons. The standard InChI is InChI=1S/C11H19NO3S.C11H17NO2S.C11H20O2S.C10H17FO2S.C10H19NO2S.C10H18O3S.C9H17NO2S.CH4/c1-8(2)11(14)10-4-6-16(15,7-5-10)12-9(3)13;1-9(2)10(13)11(8-12)4-6-15(3,14)7-5-11;1-9(2)10(12)11(3)5-7-14(4,13)8-6-11;1-8(2)9(12)10(11)4-6-14(3,13)7-5-10;1-8(2)10(12)9-4-6-14(13,11-3)7-5-9;1-8(2)9(11)10(12)4-6-14(3,13)7-5-10;1-7(2)9(11)8-3-5-13(10,12)6-4-8;/h8,10H,4-7H2,1-3H3;9H,3-7H2,1-2H3;9H,4-8H2,1-3H3;8H,3-7H2,1-2H3;8-9H,4-7H2,1-3H3;8,12H,3-7H2,1-2H3;7-8,10H,3-6H2,1-2H3;1H4. The third-order valence-electron chi connectivity index (χ3n) is 19.9. The van der Waals surface area contributed by atoms with Crippen LogP contribution in [0.4, 0.5) is 4.39 Å². The Morgan fingerprint density at radius 1 is 0.446 bits per heavy atom. The zero-order chi connectivity index (χ0) is 77.8. The van der Waals surface area contributed by atoms with Crippen molar-refractivity contribution in [1.29, 1.82) is 10.0 Å². The number of alkyl halides is 1. The molecule has 7 rings (SSSR count). The lowest BCUT2D eigenvalue weighted by atomic mass is 9.75. The van der Waals surface area contributed by atoms with E-state index in [1.807, 2.05) is 62.3 Å². The number of nitriles is 1. The Kier molecular flexibility index (Phi) is 39.2. The van der Waals surface area contributed by atoms with Crippen molar-refractivity contribution in [2.75, 3.05) is 87.6 Å². The van der Waals surface area contributed by atoms with Crippen molar-refractivity contribution in [2.24, 2.45) is 78.7 Å². The summed E-state index contributed by atoms with van der Waals surface area (Å²) in [6.07, 6.45) is 7.07. The van der Waals surface area contributed by atoms with Gasteiger partial charge in [0.25, 0.3) is 5.91 Å². The fraction of sp³-hybridized carbons (Fsp3) is 0.822. The highest BCUT2D eigenvalue weighted by Gasteiger charge is 2.45. The van der Waals surface area contributed by atoms with E-state index in [1.165, 1.54) is 6.92 Å². The molecular weight excluding hydrogens is 1430 g/mol. The molecule has 2 N–H and O–H groups in total. The van der Waals surface area contributed by atoms with Crippen LogP contribution < -0.4 is 0 Å². The first kappa shape index (κ1) is 97.7. The minimum absolute atomic E-state index is 0. The van der Waals surface area contributed by atoms with Gasteiger partial charge in [-0.2, -0.15) is 9.62 Å². The topological polar surface area (TPSA) is 349 Å². The number of amides is 1. The summed E-state index contributed by atoms with van der Waals surface area (Å²) in [4.78, 5) is 92.9. The average Bonchev–Trinajstić information content (AvgIpc) is 0.808. The molecular formula is C73H131FN4O16S7. The zero-order valence-electron chi connectivity index (χ0n) is 63.5. The molecule has 0 radical (unpaired) electrons. The summed E-state index contributed by atoms with van der Waals surface area (Å²) < 4.78 is 111. The summed E-state index contributed by atoms with van der Waals surface area (Å²) in [5.74, 6) is 20.7. The predicted octanol–water partition coefficient (Wildman–Crippen LogP) is 10.5. The van der Waals surface area contributed by atoms with Gasteiger partial charge in [-0.1, -0.05) is 111 Å². The number of halogens is 1. The molecule has 1 amide bonds. The van der Waals surface area contributed by atoms with Gasteiger partial charge in [0.15, 0.2) is 23.0 Å². The molecule has 20 nitrogen and oxygen atoms in total. The molecule has 0 aromatic rings. The van der Waals surface area contributed by atoms with Gasteiger partial charge in [0.1, 0.15) is 34.1 Å². The molecule has 7 saturated heterocycles. The Hall–Kier alpha value is -3.33. The molecule has 0 aromatic heterocycles. The maximum absolute atomic E-state index is 14.1. The second kappa shape index (κ2) is 40.6. The van der Waals surface area contributed by atoms with Gasteiger partial charge >= 0.3 is 0 Å². The SMILES string of the molecule is C.C=S1(=O)CCC(C#N)(C(=O)C(C)C)CC1.C=S1(=O)CCC(C)(C(=O)C(C)C)CC1.C=S1(=O)CCC(F)(C(=O)C(C)C)CC1.C=S1(=O)CCC(O)(C(=O)C(C)C)CC1.CC(=O)N=S1(=O)CCC(C(=O)C(C)C)CC1.CC(C)C(=O)C1CCS(=N)(=O)CC1.CN=S1(=O)CCC(C(=O)C(C)C)CC1. The van der Waals surface area contributed by atoms with Crippen LogP contribution in [0.25, 0.3) is 0 Å². The molecule has 7 fully saturated rings. The van der Waals surface area contributed by atoms with Crippen molar-refractivity contribution >= 4 is 137 Å². The van der Waals surface area contributed by atoms with Crippen LogP contribution in [-0.2, 0) is 106 Å². The Balaban J connectivity index is 0.00000115. The molecule has 7 heterocycles. The van der Waals surface area contributed by atoms with Crippen LogP contribution >= 0.6 is 0 Å². The van der Waals surface area contributed by atoms with Crippen molar-refractivity contribution in [3.8, 4) is 6.07 Å². The quantitative estimate of drug-likeness (QED) is 0.153. The number of carbonyl (C=O) groups is 8. The molecule has 7 aliphatic heterocycles. The van der Waals surface area contributed by atoms with Crippen molar-refractivity contribution in [3.05, 3.63) is 0 Å². The number of ketones is 7. The lowest BCUT2D eigenvalue weighted by molar-refractivity contribution is -0.141. The van der Waals surface area contributed by atoms with Crippen molar-refractivity contribution < 1.29 is 77.3 Å². The molecule has 0 saturated carbocycles. The van der Waals surface area contributed by atoms with Gasteiger partial charge in [-0.25, -0.2) is 21.4 Å². The second-order valence-electron chi connectivity index (χ2n) is 31.2. The van der Waals surface area contributed by atoms with Gasteiger partial charge < -0.3 is 5.11 Å². The average molecular weight is 1560 g/mol. The molecule has 0 unspecified atom stereocenters. The molecule has 0 aliphatic carbocycles. The van der Waals surface area contributed by atoms with Gasteiger partial charge in [-0.05, 0) is 151 Å². The summed E-state index contributed by atoms with van der Waals surface area (Å²) in [6, 6.07) is 2.13. The van der Waals surface area contributed by atoms with E-state index in [0.717, 1.165) is 25.7 Å². The van der Waals surface area contributed by atoms with Gasteiger partial charge in [-0.15, -0.1) is 0 Å². The van der Waals surface area contributed by atoms with E-state index in [9.17, 15) is 77.3 Å². The van der Waals surface area contributed by atoms with Crippen LogP contribution in [0.2, 0.25) is 0 Å². The maximum Gasteiger partial charge on any atom is 0.250 e. The fourth-order valence-corrected chi connectivity index (χ4v) is 25.1. The number of hydrogen-bond acceptors (Lipinski definition) is 19. The van der Waals surface area contributed by atoms with E-state index in [1.54, 1.807) is 48.6 Å². The highest BCUT2D eigenvalue weighted by molar-refractivity contribution is 8.01. The minimum Gasteiger partial charge on any atom is -0.382 e. The normalized spacial score (nSPS) is 35.2. The largest absolute Gasteiger partial charge is 0.382 e. The lowest BCUT2D eigenvalue weighted by Gasteiger charge is -2.34. The number of carbonyl (C=O) groups excluding carboxylic acids is 8. The fourth-order valence-electron chi connectivity index (χ4n) is 12.8.